The second-order valence-corrected chi connectivity index (χ2v) is 8.14. The van der Waals surface area contributed by atoms with Crippen molar-refractivity contribution in [2.45, 2.75) is 51.1 Å². The van der Waals surface area contributed by atoms with Gasteiger partial charge in [-0.05, 0) is 37.1 Å². The minimum atomic E-state index is -0.160. The third kappa shape index (κ3) is 3.83. The van der Waals surface area contributed by atoms with Gasteiger partial charge in [0.25, 0.3) is 5.56 Å². The van der Waals surface area contributed by atoms with Crippen molar-refractivity contribution < 1.29 is 4.79 Å². The van der Waals surface area contributed by atoms with Crippen LogP contribution in [0.25, 0.3) is 21.9 Å². The van der Waals surface area contributed by atoms with Gasteiger partial charge in [0, 0.05) is 19.0 Å². The highest BCUT2D eigenvalue weighted by Gasteiger charge is 2.22. The predicted molar refractivity (Wildman–Crippen MR) is 121 cm³/mol. The molecule has 5 rings (SSSR count). The molecule has 0 radical (unpaired) electrons. The number of aromatic nitrogens is 4. The number of hydrogen-bond donors (Lipinski definition) is 1. The Morgan fingerprint density at radius 1 is 1.00 bits per heavy atom. The number of nitrogens with zero attached hydrogens (tertiary/aromatic N) is 4. The van der Waals surface area contributed by atoms with E-state index >= 15 is 0 Å². The van der Waals surface area contributed by atoms with E-state index in [0.29, 0.717) is 22.9 Å². The Balaban J connectivity index is 1.36. The number of hydrogen-bond acceptors (Lipinski definition) is 4. The summed E-state index contributed by atoms with van der Waals surface area (Å²) in [5.74, 6) is 0.439. The maximum atomic E-state index is 12.8. The van der Waals surface area contributed by atoms with Crippen LogP contribution in [0.3, 0.4) is 0 Å². The van der Waals surface area contributed by atoms with Crippen LogP contribution in [0.2, 0.25) is 0 Å². The van der Waals surface area contributed by atoms with Crippen molar-refractivity contribution in [2.24, 2.45) is 0 Å². The molecule has 2 aromatic heterocycles. The van der Waals surface area contributed by atoms with Crippen LogP contribution in [0.15, 0.2) is 59.7 Å². The largest absolute Gasteiger partial charge is 0.307 e. The smallest absolute Gasteiger partial charge is 0.261 e. The van der Waals surface area contributed by atoms with E-state index in [-0.39, 0.29) is 24.4 Å². The van der Waals surface area contributed by atoms with Gasteiger partial charge in [0.05, 0.1) is 28.3 Å². The van der Waals surface area contributed by atoms with Gasteiger partial charge in [-0.15, -0.1) is 0 Å². The first kappa shape index (κ1) is 19.5. The topological polar surface area (TPSA) is 81.8 Å². The van der Waals surface area contributed by atoms with Crippen LogP contribution in [0.5, 0.6) is 0 Å². The monoisotopic (exact) mass is 415 g/mol. The summed E-state index contributed by atoms with van der Waals surface area (Å²) in [5, 5.41) is 3.56. The summed E-state index contributed by atoms with van der Waals surface area (Å²) >= 11 is 0. The van der Waals surface area contributed by atoms with Gasteiger partial charge in [-0.2, -0.15) is 0 Å². The molecule has 4 aromatic rings. The molecule has 1 amide bonds. The number of nitrogens with one attached hydrogen (secondary N) is 1. The fourth-order valence-electron chi connectivity index (χ4n) is 4.52. The lowest BCUT2D eigenvalue weighted by Crippen LogP contribution is -2.25. The third-order valence-electron chi connectivity index (χ3n) is 6.10. The Kier molecular flexibility index (Phi) is 5.24. The summed E-state index contributed by atoms with van der Waals surface area (Å²) in [6, 6.07) is 15.6. The van der Waals surface area contributed by atoms with Gasteiger partial charge in [-0.3, -0.25) is 19.5 Å². The van der Waals surface area contributed by atoms with E-state index in [1.54, 1.807) is 6.07 Å². The molecule has 0 unspecified atom stereocenters. The van der Waals surface area contributed by atoms with E-state index in [2.05, 4.69) is 20.9 Å². The van der Waals surface area contributed by atoms with Crippen LogP contribution in [0.4, 0.5) is 5.95 Å². The standard InChI is InChI=1S/C24H25N5O2/c30-22(14-15-28-16-25-19-11-5-4-10-18(19)23(28)31)27-24-26-20-12-6-7-13-21(20)29(24)17-8-2-1-3-9-17/h4-7,10-13,16-17H,1-3,8-9,14-15H2,(H,26,27,30). The van der Waals surface area contributed by atoms with Crippen LogP contribution in [-0.4, -0.2) is 25.0 Å². The van der Waals surface area contributed by atoms with Gasteiger partial charge in [-0.1, -0.05) is 43.5 Å². The van der Waals surface area contributed by atoms with Crippen molar-refractivity contribution in [3.63, 3.8) is 0 Å². The van der Waals surface area contributed by atoms with Gasteiger partial charge in [0.1, 0.15) is 0 Å². The molecular weight excluding hydrogens is 390 g/mol. The average molecular weight is 415 g/mol. The van der Waals surface area contributed by atoms with Crippen LogP contribution in [0.1, 0.15) is 44.6 Å². The Hall–Kier alpha value is -3.48. The first-order valence-electron chi connectivity index (χ1n) is 10.9. The number of imidazole rings is 1. The molecule has 0 atom stereocenters. The Bertz CT molecular complexity index is 1300. The number of carbonyl (C=O) groups excluding carboxylic acids is 1. The van der Waals surface area contributed by atoms with Crippen LogP contribution >= 0.6 is 0 Å². The van der Waals surface area contributed by atoms with Crippen LogP contribution in [0, 0.1) is 0 Å². The maximum absolute atomic E-state index is 12.8. The molecule has 7 heteroatoms. The van der Waals surface area contributed by atoms with Crippen molar-refractivity contribution in [3.05, 3.63) is 65.2 Å². The number of aryl methyl sites for hydroxylation is 1. The van der Waals surface area contributed by atoms with E-state index in [4.69, 9.17) is 4.98 Å². The van der Waals surface area contributed by atoms with Crippen molar-refractivity contribution in [3.8, 4) is 0 Å². The first-order chi connectivity index (χ1) is 15.2. The number of anilines is 1. The Morgan fingerprint density at radius 3 is 2.58 bits per heavy atom. The number of para-hydroxylation sites is 3. The molecule has 1 aliphatic rings. The number of fused-ring (bicyclic) bond motifs is 2. The highest BCUT2D eigenvalue weighted by atomic mass is 16.2. The Labute approximate surface area is 179 Å². The minimum absolute atomic E-state index is 0.132. The molecule has 7 nitrogen and oxygen atoms in total. The second-order valence-electron chi connectivity index (χ2n) is 8.14. The van der Waals surface area contributed by atoms with Gasteiger partial charge < -0.3 is 4.57 Å². The molecule has 2 aromatic carbocycles. The summed E-state index contributed by atoms with van der Waals surface area (Å²) in [6.07, 6.45) is 7.54. The van der Waals surface area contributed by atoms with Gasteiger partial charge >= 0.3 is 0 Å². The summed E-state index contributed by atoms with van der Waals surface area (Å²) in [7, 11) is 0. The molecule has 1 saturated carbocycles. The molecule has 0 bridgehead atoms. The average Bonchev–Trinajstić information content (AvgIpc) is 3.17. The van der Waals surface area contributed by atoms with Gasteiger partial charge in [-0.25, -0.2) is 9.97 Å². The van der Waals surface area contributed by atoms with E-state index < -0.39 is 0 Å². The van der Waals surface area contributed by atoms with Crippen molar-refractivity contribution in [1.29, 1.82) is 0 Å². The number of amides is 1. The van der Waals surface area contributed by atoms with E-state index in [1.165, 1.54) is 30.2 Å². The SMILES string of the molecule is O=C(CCn1cnc2ccccc2c1=O)Nc1nc2ccccc2n1C1CCCCC1. The number of rotatable bonds is 5. The van der Waals surface area contributed by atoms with Gasteiger partial charge in [0.15, 0.2) is 0 Å². The molecular formula is C24H25N5O2. The first-order valence-corrected chi connectivity index (χ1v) is 10.9. The molecule has 1 aliphatic carbocycles. The fourth-order valence-corrected chi connectivity index (χ4v) is 4.52. The highest BCUT2D eigenvalue weighted by molar-refractivity contribution is 5.91. The zero-order valence-electron chi connectivity index (χ0n) is 17.3. The zero-order chi connectivity index (χ0) is 21.2. The van der Waals surface area contributed by atoms with Crippen LogP contribution in [-0.2, 0) is 11.3 Å². The summed E-state index contributed by atoms with van der Waals surface area (Å²) in [6.45, 7) is 0.270. The Morgan fingerprint density at radius 2 is 1.74 bits per heavy atom. The molecule has 0 spiro atoms. The normalized spacial score (nSPS) is 14.8. The molecule has 158 valence electrons. The second kappa shape index (κ2) is 8.34. The number of benzene rings is 2. The third-order valence-corrected chi connectivity index (χ3v) is 6.10. The van der Waals surface area contributed by atoms with Crippen molar-refractivity contribution >= 4 is 33.8 Å². The summed E-state index contributed by atoms with van der Waals surface area (Å²) in [5.41, 5.74) is 2.47. The van der Waals surface area contributed by atoms with Crippen molar-refractivity contribution in [1.82, 2.24) is 19.1 Å². The summed E-state index contributed by atoms with van der Waals surface area (Å²) < 4.78 is 3.68. The molecule has 1 fully saturated rings. The molecule has 31 heavy (non-hydrogen) atoms. The lowest BCUT2D eigenvalue weighted by Gasteiger charge is -2.25. The maximum Gasteiger partial charge on any atom is 0.261 e. The molecule has 1 N–H and O–H groups in total. The molecule has 0 aliphatic heterocycles. The fraction of sp³-hybridized carbons (Fsp3) is 0.333. The van der Waals surface area contributed by atoms with E-state index in [1.807, 2.05) is 36.4 Å². The highest BCUT2D eigenvalue weighted by Crippen LogP contribution is 2.34. The summed E-state index contributed by atoms with van der Waals surface area (Å²) in [4.78, 5) is 34.4. The zero-order valence-corrected chi connectivity index (χ0v) is 17.3. The predicted octanol–water partition coefficient (Wildman–Crippen LogP) is 4.28. The lowest BCUT2D eigenvalue weighted by atomic mass is 9.95. The lowest BCUT2D eigenvalue weighted by molar-refractivity contribution is -0.116. The number of carbonyl (C=O) groups is 1. The molecule has 0 saturated heterocycles. The van der Waals surface area contributed by atoms with E-state index in [9.17, 15) is 9.59 Å². The molecule has 2 heterocycles. The van der Waals surface area contributed by atoms with Crippen molar-refractivity contribution in [2.75, 3.05) is 5.32 Å². The van der Waals surface area contributed by atoms with Crippen LogP contribution < -0.4 is 10.9 Å². The van der Waals surface area contributed by atoms with Gasteiger partial charge in [0.2, 0.25) is 11.9 Å². The quantitative estimate of drug-likeness (QED) is 0.527. The van der Waals surface area contributed by atoms with E-state index in [0.717, 1.165) is 23.9 Å². The minimum Gasteiger partial charge on any atom is -0.307 e.